The number of hydrogen-bond acceptors (Lipinski definition) is 5. The number of carbonyl (C=O) groups is 2. The summed E-state index contributed by atoms with van der Waals surface area (Å²) in [6.07, 6.45) is 3.40. The Morgan fingerprint density at radius 2 is 2.21 bits per heavy atom. The van der Waals surface area contributed by atoms with Crippen LogP contribution in [0.4, 0.5) is 5.13 Å². The van der Waals surface area contributed by atoms with E-state index in [1.54, 1.807) is 0 Å². The van der Waals surface area contributed by atoms with Crippen LogP contribution in [-0.2, 0) is 22.4 Å². The van der Waals surface area contributed by atoms with E-state index < -0.39 is 0 Å². The Morgan fingerprint density at radius 1 is 1.54 bits per heavy atom. The molecule has 6 N–H and O–H groups in total. The summed E-state index contributed by atoms with van der Waals surface area (Å²) in [6, 6.07) is 0. The number of carboxylic acid groups (broad SMARTS) is 1. The Kier molecular flexibility index (Phi) is 8.17. The van der Waals surface area contributed by atoms with Gasteiger partial charge in [0, 0.05) is 17.3 Å². The van der Waals surface area contributed by atoms with E-state index in [1.807, 2.05) is 0 Å². The fourth-order valence-corrected chi connectivity index (χ4v) is 3.45. The molecule has 0 aliphatic heterocycles. The van der Waals surface area contributed by atoms with Crippen LogP contribution < -0.4 is 16.8 Å². The van der Waals surface area contributed by atoms with Gasteiger partial charge in [0.05, 0.1) is 5.69 Å². The number of amides is 1. The molecule has 0 fully saturated rings. The first-order valence-corrected chi connectivity index (χ1v) is 8.62. The van der Waals surface area contributed by atoms with Crippen LogP contribution in [0.3, 0.4) is 0 Å². The quantitative estimate of drug-likeness (QED) is 0.352. The van der Waals surface area contributed by atoms with Gasteiger partial charge >= 0.3 is 0 Å². The smallest absolute Gasteiger partial charge is 0.290 e. The molecule has 1 amide bonds. The zero-order chi connectivity index (χ0) is 18.1. The second kappa shape index (κ2) is 9.86. The van der Waals surface area contributed by atoms with Crippen molar-refractivity contribution in [2.24, 2.45) is 28.3 Å². The van der Waals surface area contributed by atoms with Gasteiger partial charge in [-0.05, 0) is 31.6 Å². The van der Waals surface area contributed by atoms with Crippen molar-refractivity contribution in [1.82, 2.24) is 10.3 Å². The maximum absolute atomic E-state index is 12.2. The SMILES string of the molecule is CC(C)CCNC(=O)[C@H]1CCc2nc(N=C(N)N)sc2C1.O=CO. The lowest BCUT2D eigenvalue weighted by Crippen LogP contribution is -2.34. The molecule has 0 aromatic carbocycles. The van der Waals surface area contributed by atoms with Gasteiger partial charge in [0.2, 0.25) is 11.0 Å². The summed E-state index contributed by atoms with van der Waals surface area (Å²) in [7, 11) is 0. The van der Waals surface area contributed by atoms with Gasteiger partial charge in [-0.3, -0.25) is 9.59 Å². The highest BCUT2D eigenvalue weighted by molar-refractivity contribution is 7.15. The summed E-state index contributed by atoms with van der Waals surface area (Å²) in [6.45, 7) is 4.81. The number of thiazole rings is 1. The number of hydrogen-bond donors (Lipinski definition) is 4. The molecule has 0 spiro atoms. The Morgan fingerprint density at radius 3 is 2.79 bits per heavy atom. The standard InChI is InChI=1S/C14H23N5OS.CH2O2/c1-8(2)5-6-17-12(20)9-3-4-10-11(7-9)21-14(18-10)19-13(15)16;2-1-3/h8-9H,3-7H2,1-2H3,(H,17,20)(H4,15,16,18,19);1H,(H,2,3)/t9-;/m0./s1. The summed E-state index contributed by atoms with van der Waals surface area (Å²) in [4.78, 5) is 30.1. The average Bonchev–Trinajstić information content (AvgIpc) is 2.87. The zero-order valence-electron chi connectivity index (χ0n) is 14.0. The number of guanidine groups is 1. The maximum atomic E-state index is 12.2. The molecular formula is C15H25N5O3S. The summed E-state index contributed by atoms with van der Waals surface area (Å²) in [5.74, 6) is 0.811. The third-order valence-electron chi connectivity index (χ3n) is 3.54. The van der Waals surface area contributed by atoms with E-state index in [1.165, 1.54) is 11.3 Å². The highest BCUT2D eigenvalue weighted by Crippen LogP contribution is 2.33. The lowest BCUT2D eigenvalue weighted by atomic mass is 9.90. The number of nitrogens with two attached hydrogens (primary N) is 2. The van der Waals surface area contributed by atoms with Crippen LogP contribution in [0.1, 0.15) is 37.3 Å². The van der Waals surface area contributed by atoms with Gasteiger partial charge in [-0.1, -0.05) is 25.2 Å². The molecule has 1 aromatic rings. The van der Waals surface area contributed by atoms with Crippen molar-refractivity contribution in [2.75, 3.05) is 6.54 Å². The topological polar surface area (TPSA) is 144 Å². The molecule has 2 rings (SSSR count). The summed E-state index contributed by atoms with van der Waals surface area (Å²) >= 11 is 1.47. The predicted octanol–water partition coefficient (Wildman–Crippen LogP) is 1.02. The third-order valence-corrected chi connectivity index (χ3v) is 4.56. The van der Waals surface area contributed by atoms with E-state index >= 15 is 0 Å². The van der Waals surface area contributed by atoms with Crippen molar-refractivity contribution in [3.8, 4) is 0 Å². The third kappa shape index (κ3) is 6.53. The molecule has 0 saturated carbocycles. The van der Waals surface area contributed by atoms with Gasteiger partial charge in [0.25, 0.3) is 6.47 Å². The van der Waals surface area contributed by atoms with Crippen molar-refractivity contribution in [1.29, 1.82) is 0 Å². The van der Waals surface area contributed by atoms with E-state index in [4.69, 9.17) is 21.4 Å². The number of nitrogens with one attached hydrogen (secondary N) is 1. The number of aromatic nitrogens is 1. The Balaban J connectivity index is 0.000000891. The van der Waals surface area contributed by atoms with Crippen molar-refractivity contribution in [3.63, 3.8) is 0 Å². The van der Waals surface area contributed by atoms with Crippen LogP contribution in [0.2, 0.25) is 0 Å². The number of rotatable bonds is 5. The minimum Gasteiger partial charge on any atom is -0.483 e. The predicted molar refractivity (Wildman–Crippen MR) is 94.3 cm³/mol. The van der Waals surface area contributed by atoms with Gasteiger partial charge in [0.15, 0.2) is 5.96 Å². The van der Waals surface area contributed by atoms with Crippen molar-refractivity contribution in [3.05, 3.63) is 10.6 Å². The Hall–Kier alpha value is -2.16. The number of nitrogens with zero attached hydrogens (tertiary/aromatic N) is 2. The van der Waals surface area contributed by atoms with Crippen LogP contribution >= 0.6 is 11.3 Å². The Labute approximate surface area is 145 Å². The minimum atomic E-state index is -0.250. The number of fused-ring (bicyclic) bond motifs is 1. The molecule has 1 aliphatic rings. The highest BCUT2D eigenvalue weighted by atomic mass is 32.1. The number of carbonyl (C=O) groups excluding carboxylic acids is 1. The second-order valence-corrected chi connectivity index (χ2v) is 6.98. The van der Waals surface area contributed by atoms with Crippen LogP contribution in [0, 0.1) is 11.8 Å². The molecular weight excluding hydrogens is 330 g/mol. The normalized spacial score (nSPS) is 15.7. The molecule has 134 valence electrons. The fourth-order valence-electron chi connectivity index (χ4n) is 2.37. The van der Waals surface area contributed by atoms with Crippen molar-refractivity contribution in [2.45, 2.75) is 39.5 Å². The van der Waals surface area contributed by atoms with E-state index in [0.717, 1.165) is 42.8 Å². The molecule has 24 heavy (non-hydrogen) atoms. The fraction of sp³-hybridized carbons (Fsp3) is 0.600. The maximum Gasteiger partial charge on any atom is 0.290 e. The minimum absolute atomic E-state index is 0.0177. The lowest BCUT2D eigenvalue weighted by Gasteiger charge is -2.20. The van der Waals surface area contributed by atoms with Crippen LogP contribution in [0.15, 0.2) is 4.99 Å². The van der Waals surface area contributed by atoms with E-state index in [2.05, 4.69) is 29.1 Å². The second-order valence-electron chi connectivity index (χ2n) is 5.92. The first kappa shape index (κ1) is 19.9. The molecule has 1 atom stereocenters. The Bertz CT molecular complexity index is 582. The molecule has 0 radical (unpaired) electrons. The summed E-state index contributed by atoms with van der Waals surface area (Å²) in [5.41, 5.74) is 11.8. The average molecular weight is 355 g/mol. The van der Waals surface area contributed by atoms with Crippen LogP contribution in [0.5, 0.6) is 0 Å². The summed E-state index contributed by atoms with van der Waals surface area (Å²) in [5, 5.41) is 10.5. The van der Waals surface area contributed by atoms with Crippen LogP contribution in [0.25, 0.3) is 0 Å². The number of aryl methyl sites for hydroxylation is 1. The van der Waals surface area contributed by atoms with Gasteiger partial charge in [-0.25, -0.2) is 4.98 Å². The van der Waals surface area contributed by atoms with Crippen molar-refractivity contribution < 1.29 is 14.7 Å². The molecule has 8 nitrogen and oxygen atoms in total. The highest BCUT2D eigenvalue weighted by Gasteiger charge is 2.27. The van der Waals surface area contributed by atoms with E-state index in [0.29, 0.717) is 11.0 Å². The van der Waals surface area contributed by atoms with Gasteiger partial charge in [-0.2, -0.15) is 4.99 Å². The largest absolute Gasteiger partial charge is 0.483 e. The van der Waals surface area contributed by atoms with E-state index in [-0.39, 0.29) is 24.3 Å². The lowest BCUT2D eigenvalue weighted by molar-refractivity contribution is -0.125. The summed E-state index contributed by atoms with van der Waals surface area (Å²) < 4.78 is 0. The van der Waals surface area contributed by atoms with E-state index in [9.17, 15) is 4.79 Å². The monoisotopic (exact) mass is 355 g/mol. The van der Waals surface area contributed by atoms with Gasteiger partial charge in [0.1, 0.15) is 0 Å². The molecule has 1 aliphatic carbocycles. The first-order chi connectivity index (χ1) is 11.4. The first-order valence-electron chi connectivity index (χ1n) is 7.81. The zero-order valence-corrected chi connectivity index (χ0v) is 14.8. The molecule has 0 unspecified atom stereocenters. The molecule has 1 heterocycles. The van der Waals surface area contributed by atoms with Gasteiger partial charge < -0.3 is 21.9 Å². The van der Waals surface area contributed by atoms with Gasteiger partial charge in [-0.15, -0.1) is 0 Å². The molecule has 9 heteroatoms. The molecule has 0 saturated heterocycles. The molecule has 1 aromatic heterocycles. The van der Waals surface area contributed by atoms with Crippen LogP contribution in [-0.4, -0.2) is 35.0 Å². The number of aliphatic imine (C=N–C) groups is 1. The van der Waals surface area contributed by atoms with Crippen molar-refractivity contribution >= 4 is 34.8 Å². The molecule has 0 bridgehead atoms.